The first-order chi connectivity index (χ1) is 19.0. The van der Waals surface area contributed by atoms with Crippen molar-refractivity contribution in [3.05, 3.63) is 59.9 Å². The van der Waals surface area contributed by atoms with Crippen molar-refractivity contribution in [1.82, 2.24) is 29.4 Å². The zero-order valence-corrected chi connectivity index (χ0v) is 23.6. The summed E-state index contributed by atoms with van der Waals surface area (Å²) in [6.07, 6.45) is 0.689. The highest BCUT2D eigenvalue weighted by atomic mass is 32.2. The number of rotatable bonds is 9. The van der Waals surface area contributed by atoms with E-state index < -0.39 is 28.1 Å². The maximum Gasteiger partial charge on any atom is 0.258 e. The van der Waals surface area contributed by atoms with Crippen LogP contribution in [0.2, 0.25) is 0 Å². The minimum absolute atomic E-state index is 0.0246. The second kappa shape index (κ2) is 12.1. The molecule has 13 nitrogen and oxygen atoms in total. The summed E-state index contributed by atoms with van der Waals surface area (Å²) < 4.78 is 35.3. The number of carbonyl (C=O) groups is 2. The summed E-state index contributed by atoms with van der Waals surface area (Å²) in [7, 11) is -2.30. The van der Waals surface area contributed by atoms with E-state index in [1.807, 2.05) is 13.8 Å². The van der Waals surface area contributed by atoms with Gasteiger partial charge in [-0.2, -0.15) is 4.31 Å². The molecule has 14 heteroatoms. The summed E-state index contributed by atoms with van der Waals surface area (Å²) in [5, 5.41) is 23.2. The van der Waals surface area contributed by atoms with Gasteiger partial charge < -0.3 is 20.1 Å². The van der Waals surface area contributed by atoms with Gasteiger partial charge in [0.05, 0.1) is 29.7 Å². The highest BCUT2D eigenvalue weighted by Crippen LogP contribution is 2.31. The van der Waals surface area contributed by atoms with Gasteiger partial charge in [-0.05, 0) is 54.6 Å². The third kappa shape index (κ3) is 6.46. The SMILES string of the molecule is Cc1ccc(S(=O)(=O)N(C)C[C@H]2Oc3ccc(NC(=O)Cn4cnnn4)cc3C(=O)N([C@H](C)CO)C[C@@H]2C)cc1. The lowest BCUT2D eigenvalue weighted by Gasteiger charge is -2.38. The van der Waals surface area contributed by atoms with E-state index in [9.17, 15) is 23.1 Å². The number of fused-ring (bicyclic) bond motifs is 1. The van der Waals surface area contributed by atoms with Gasteiger partial charge in [0.25, 0.3) is 5.91 Å². The van der Waals surface area contributed by atoms with Crippen molar-refractivity contribution in [3.63, 3.8) is 0 Å². The second-order valence-electron chi connectivity index (χ2n) is 9.99. The van der Waals surface area contributed by atoms with Crippen LogP contribution < -0.4 is 10.1 Å². The Balaban J connectivity index is 1.62. The molecule has 0 aliphatic carbocycles. The molecule has 2 heterocycles. The van der Waals surface area contributed by atoms with Gasteiger partial charge >= 0.3 is 0 Å². The quantitative estimate of drug-likeness (QED) is 0.384. The molecular weight excluding hydrogens is 538 g/mol. The molecule has 1 aliphatic heterocycles. The molecule has 0 bridgehead atoms. The zero-order valence-electron chi connectivity index (χ0n) is 22.8. The van der Waals surface area contributed by atoms with E-state index >= 15 is 0 Å². The number of anilines is 1. The fourth-order valence-electron chi connectivity index (χ4n) is 4.36. The molecule has 4 rings (SSSR count). The lowest BCUT2D eigenvalue weighted by atomic mass is 9.99. The Morgan fingerprint density at radius 3 is 2.62 bits per heavy atom. The number of likely N-dealkylation sites (N-methyl/N-ethyl adjacent to an activating group) is 1. The summed E-state index contributed by atoms with van der Waals surface area (Å²) in [4.78, 5) is 27.8. The Hall–Kier alpha value is -3.88. The number of ether oxygens (including phenoxy) is 1. The van der Waals surface area contributed by atoms with Gasteiger partial charge in [0.2, 0.25) is 15.9 Å². The van der Waals surface area contributed by atoms with Gasteiger partial charge in [0, 0.05) is 25.2 Å². The predicted octanol–water partition coefficient (Wildman–Crippen LogP) is 1.16. The summed E-state index contributed by atoms with van der Waals surface area (Å²) in [5.41, 5.74) is 1.49. The molecule has 3 aromatic rings. The highest BCUT2D eigenvalue weighted by molar-refractivity contribution is 7.89. The standard InChI is InChI=1S/C26H33N7O6S/c1-17-5-8-21(9-6-17)40(37,38)31(4)13-24-18(2)12-33(19(3)15-34)26(36)22-11-20(7-10-23(22)39-24)28-25(35)14-32-16-27-29-30-32/h5-11,16,18-19,24,34H,12-15H2,1-4H3,(H,28,35)/t18-,19+,24+/m0/s1. The van der Waals surface area contributed by atoms with E-state index in [2.05, 4.69) is 20.8 Å². The van der Waals surface area contributed by atoms with Crippen LogP contribution in [-0.4, -0.2) is 93.6 Å². The number of aromatic nitrogens is 4. The fraction of sp³-hybridized carbons (Fsp3) is 0.423. The molecule has 2 amide bonds. The first kappa shape index (κ1) is 29.1. The molecule has 40 heavy (non-hydrogen) atoms. The van der Waals surface area contributed by atoms with Crippen molar-refractivity contribution in [3.8, 4) is 5.75 Å². The van der Waals surface area contributed by atoms with Gasteiger partial charge in [0.1, 0.15) is 24.7 Å². The number of carbonyl (C=O) groups excluding carboxylic acids is 2. The Bertz CT molecular complexity index is 1450. The number of aryl methyl sites for hydroxylation is 1. The number of sulfonamides is 1. The molecule has 2 aromatic carbocycles. The third-order valence-electron chi connectivity index (χ3n) is 6.81. The lowest BCUT2D eigenvalue weighted by molar-refractivity contribution is -0.116. The number of hydrogen-bond donors (Lipinski definition) is 2. The molecule has 214 valence electrons. The maximum atomic E-state index is 13.6. The fourth-order valence-corrected chi connectivity index (χ4v) is 5.54. The van der Waals surface area contributed by atoms with E-state index in [0.29, 0.717) is 5.69 Å². The average Bonchev–Trinajstić information content (AvgIpc) is 3.43. The largest absolute Gasteiger partial charge is 0.488 e. The van der Waals surface area contributed by atoms with Crippen LogP contribution in [0.15, 0.2) is 53.7 Å². The van der Waals surface area contributed by atoms with Gasteiger partial charge in [0.15, 0.2) is 0 Å². The third-order valence-corrected chi connectivity index (χ3v) is 8.65. The topological polar surface area (TPSA) is 160 Å². The van der Waals surface area contributed by atoms with Crippen LogP contribution in [0.1, 0.15) is 29.8 Å². The molecule has 3 atom stereocenters. The van der Waals surface area contributed by atoms with Crippen LogP contribution in [-0.2, 0) is 21.4 Å². The molecular formula is C26H33N7O6S. The van der Waals surface area contributed by atoms with Crippen LogP contribution in [0.4, 0.5) is 5.69 Å². The van der Waals surface area contributed by atoms with Crippen molar-refractivity contribution in [1.29, 1.82) is 0 Å². The van der Waals surface area contributed by atoms with E-state index in [4.69, 9.17) is 4.74 Å². The van der Waals surface area contributed by atoms with Crippen LogP contribution in [0.3, 0.4) is 0 Å². The van der Waals surface area contributed by atoms with Crippen molar-refractivity contribution in [2.45, 2.75) is 44.4 Å². The monoisotopic (exact) mass is 571 g/mol. The number of nitrogens with one attached hydrogen (secondary N) is 1. The maximum absolute atomic E-state index is 13.6. The number of tetrazole rings is 1. The number of aliphatic hydroxyl groups excluding tert-OH is 1. The van der Waals surface area contributed by atoms with Crippen molar-refractivity contribution in [2.24, 2.45) is 5.92 Å². The zero-order chi connectivity index (χ0) is 29.0. The summed E-state index contributed by atoms with van der Waals surface area (Å²) >= 11 is 0. The molecule has 0 fully saturated rings. The van der Waals surface area contributed by atoms with E-state index in [-0.39, 0.29) is 54.3 Å². The normalized spacial score (nSPS) is 18.4. The van der Waals surface area contributed by atoms with Crippen molar-refractivity contribution < 1.29 is 27.9 Å². The average molecular weight is 572 g/mol. The molecule has 0 saturated carbocycles. The smallest absolute Gasteiger partial charge is 0.258 e. The molecule has 1 aromatic heterocycles. The Kier molecular flexibility index (Phi) is 8.81. The summed E-state index contributed by atoms with van der Waals surface area (Å²) in [5.74, 6) is -0.811. The van der Waals surface area contributed by atoms with E-state index in [1.165, 1.54) is 28.4 Å². The van der Waals surface area contributed by atoms with Crippen LogP contribution in [0, 0.1) is 12.8 Å². The van der Waals surface area contributed by atoms with Gasteiger partial charge in [-0.3, -0.25) is 9.59 Å². The first-order valence-corrected chi connectivity index (χ1v) is 14.2. The van der Waals surface area contributed by atoms with Gasteiger partial charge in [-0.1, -0.05) is 24.6 Å². The lowest BCUT2D eigenvalue weighted by Crippen LogP contribution is -2.50. The van der Waals surface area contributed by atoms with Crippen molar-refractivity contribution in [2.75, 3.05) is 32.1 Å². The van der Waals surface area contributed by atoms with Crippen LogP contribution >= 0.6 is 0 Å². The number of hydrogen-bond acceptors (Lipinski definition) is 9. The minimum atomic E-state index is -3.79. The number of aliphatic hydroxyl groups is 1. The van der Waals surface area contributed by atoms with E-state index in [0.717, 1.165) is 5.56 Å². The Labute approximate surface area is 232 Å². The molecule has 0 saturated heterocycles. The van der Waals surface area contributed by atoms with Crippen LogP contribution in [0.25, 0.3) is 0 Å². The number of nitrogens with zero attached hydrogens (tertiary/aromatic N) is 6. The molecule has 2 N–H and O–H groups in total. The number of amides is 2. The molecule has 0 spiro atoms. The van der Waals surface area contributed by atoms with Gasteiger partial charge in [-0.15, -0.1) is 5.10 Å². The van der Waals surface area contributed by atoms with E-state index in [1.54, 1.807) is 48.2 Å². The minimum Gasteiger partial charge on any atom is -0.488 e. The highest BCUT2D eigenvalue weighted by Gasteiger charge is 2.35. The predicted molar refractivity (Wildman–Crippen MR) is 145 cm³/mol. The molecule has 1 aliphatic rings. The second-order valence-corrected chi connectivity index (χ2v) is 12.0. The Morgan fingerprint density at radius 1 is 1.25 bits per heavy atom. The summed E-state index contributed by atoms with van der Waals surface area (Å²) in [6, 6.07) is 10.8. The summed E-state index contributed by atoms with van der Waals surface area (Å²) in [6.45, 7) is 5.35. The van der Waals surface area contributed by atoms with Crippen molar-refractivity contribution >= 4 is 27.5 Å². The Morgan fingerprint density at radius 2 is 1.98 bits per heavy atom. The van der Waals surface area contributed by atoms with Crippen LogP contribution in [0.5, 0.6) is 5.75 Å². The first-order valence-electron chi connectivity index (χ1n) is 12.8. The molecule has 0 radical (unpaired) electrons. The number of benzene rings is 2. The molecule has 0 unspecified atom stereocenters. The van der Waals surface area contributed by atoms with Gasteiger partial charge in [-0.25, -0.2) is 13.1 Å².